The summed E-state index contributed by atoms with van der Waals surface area (Å²) in [5, 5.41) is 4.22. The highest BCUT2D eigenvalue weighted by atomic mass is 32.1. The molecule has 4 heterocycles. The van der Waals surface area contributed by atoms with Crippen molar-refractivity contribution >= 4 is 23.0 Å². The molecule has 35 heavy (non-hydrogen) atoms. The zero-order valence-electron chi connectivity index (χ0n) is 19.4. The summed E-state index contributed by atoms with van der Waals surface area (Å²) in [6, 6.07) is 22.3. The van der Waals surface area contributed by atoms with Gasteiger partial charge in [0.05, 0.1) is 30.6 Å². The fourth-order valence-corrected chi connectivity index (χ4v) is 5.57. The van der Waals surface area contributed by atoms with Gasteiger partial charge in [0.25, 0.3) is 0 Å². The van der Waals surface area contributed by atoms with Gasteiger partial charge < -0.3 is 23.9 Å². The highest BCUT2D eigenvalue weighted by molar-refractivity contribution is 7.80. The van der Waals surface area contributed by atoms with Crippen LogP contribution in [0.5, 0.6) is 5.75 Å². The Bertz CT molecular complexity index is 1260. The van der Waals surface area contributed by atoms with Gasteiger partial charge in [-0.1, -0.05) is 6.07 Å². The highest BCUT2D eigenvalue weighted by Gasteiger charge is 2.42. The molecule has 1 aromatic carbocycles. The predicted octanol–water partition coefficient (Wildman–Crippen LogP) is 6.02. The summed E-state index contributed by atoms with van der Waals surface area (Å²) in [4.78, 5) is 6.86. The maximum atomic E-state index is 6.20. The van der Waals surface area contributed by atoms with Gasteiger partial charge in [0, 0.05) is 23.8 Å². The quantitative estimate of drug-likeness (QED) is 0.324. The molecule has 1 saturated heterocycles. The summed E-state index contributed by atoms with van der Waals surface area (Å²) in [6.45, 7) is 0.648. The zero-order chi connectivity index (χ0) is 23.6. The second-order valence-corrected chi connectivity index (χ2v) is 9.54. The van der Waals surface area contributed by atoms with E-state index in [-0.39, 0.29) is 12.1 Å². The largest absolute Gasteiger partial charge is 0.490 e. The summed E-state index contributed by atoms with van der Waals surface area (Å²) < 4.78 is 14.1. The average molecular weight is 485 g/mol. The molecule has 178 valence electrons. The van der Waals surface area contributed by atoms with Gasteiger partial charge in [-0.2, -0.15) is 0 Å². The lowest BCUT2D eigenvalue weighted by atomic mass is 10.0. The number of benzene rings is 1. The van der Waals surface area contributed by atoms with Gasteiger partial charge in [-0.05, 0) is 98.6 Å². The van der Waals surface area contributed by atoms with E-state index in [1.165, 1.54) is 12.8 Å². The molecule has 2 unspecified atom stereocenters. The van der Waals surface area contributed by atoms with Crippen LogP contribution >= 0.6 is 12.2 Å². The molecule has 1 N–H and O–H groups in total. The van der Waals surface area contributed by atoms with Gasteiger partial charge in [-0.3, -0.25) is 4.98 Å². The molecule has 6 nitrogen and oxygen atoms in total. The van der Waals surface area contributed by atoms with Gasteiger partial charge in [0.15, 0.2) is 5.11 Å². The fraction of sp³-hybridized carbons (Fsp3) is 0.286. The Hall–Kier alpha value is -3.58. The van der Waals surface area contributed by atoms with Gasteiger partial charge in [0.1, 0.15) is 17.6 Å². The van der Waals surface area contributed by atoms with E-state index >= 15 is 0 Å². The fourth-order valence-electron chi connectivity index (χ4n) is 5.23. The third-order valence-electron chi connectivity index (χ3n) is 6.89. The van der Waals surface area contributed by atoms with Crippen LogP contribution in [0.2, 0.25) is 0 Å². The number of hydrogen-bond donors (Lipinski definition) is 1. The Labute approximate surface area is 210 Å². The summed E-state index contributed by atoms with van der Waals surface area (Å²) in [7, 11) is 0. The van der Waals surface area contributed by atoms with Crippen molar-refractivity contribution in [1.82, 2.24) is 14.9 Å². The monoisotopic (exact) mass is 484 g/mol. The van der Waals surface area contributed by atoms with Crippen LogP contribution in [0.15, 0.2) is 89.8 Å². The molecule has 7 heteroatoms. The van der Waals surface area contributed by atoms with Gasteiger partial charge in [0.2, 0.25) is 0 Å². The first kappa shape index (κ1) is 21.9. The molecule has 3 aromatic heterocycles. The van der Waals surface area contributed by atoms with E-state index in [0.717, 1.165) is 41.4 Å². The van der Waals surface area contributed by atoms with Gasteiger partial charge >= 0.3 is 0 Å². The molecule has 2 aliphatic rings. The Morgan fingerprint density at radius 1 is 1.00 bits per heavy atom. The summed E-state index contributed by atoms with van der Waals surface area (Å²) in [6.07, 6.45) is 10.8. The maximum absolute atomic E-state index is 6.20. The minimum atomic E-state index is -0.0941. The lowest BCUT2D eigenvalue weighted by Gasteiger charge is -2.29. The molecular formula is C28H28N4O2S. The van der Waals surface area contributed by atoms with E-state index in [4.69, 9.17) is 21.4 Å². The molecule has 0 radical (unpaired) electrons. The molecule has 0 bridgehead atoms. The van der Waals surface area contributed by atoms with Crippen molar-refractivity contribution in [1.29, 1.82) is 0 Å². The number of anilines is 1. The molecule has 2 fully saturated rings. The molecule has 2 atom stereocenters. The number of thiocarbonyl (C=S) groups is 1. The molecule has 0 spiro atoms. The highest BCUT2D eigenvalue weighted by Crippen LogP contribution is 2.42. The normalized spacial score (nSPS) is 20.3. The number of furan rings is 1. The number of aromatic nitrogens is 2. The van der Waals surface area contributed by atoms with E-state index < -0.39 is 0 Å². The zero-order valence-corrected chi connectivity index (χ0v) is 20.2. The molecule has 1 aliphatic carbocycles. The SMILES string of the molecule is S=C1NC(c2ccccn2)C(c2cccn2Cc2ccco2)N1c1ccc(OC2CCCC2)cc1. The Kier molecular flexibility index (Phi) is 6.00. The standard InChI is InChI=1S/C28H28N4O2S/c35-28-30-26(24-10-3-4-16-29-24)27(25-11-5-17-31(25)19-23-9-6-18-33-23)32(28)20-12-14-22(15-13-20)34-21-7-1-2-8-21/h3-6,9-18,21,26-27H,1-2,7-8,19H2,(H,30,35). The van der Waals surface area contributed by atoms with Crippen LogP contribution in [0.25, 0.3) is 0 Å². The van der Waals surface area contributed by atoms with E-state index in [0.29, 0.717) is 17.8 Å². The number of pyridine rings is 1. The van der Waals surface area contributed by atoms with E-state index in [1.54, 1.807) is 6.26 Å². The van der Waals surface area contributed by atoms with Crippen LogP contribution in [-0.4, -0.2) is 20.8 Å². The van der Waals surface area contributed by atoms with Crippen molar-refractivity contribution in [2.45, 2.75) is 50.4 Å². The molecular weight excluding hydrogens is 456 g/mol. The lowest BCUT2D eigenvalue weighted by Crippen LogP contribution is -2.30. The summed E-state index contributed by atoms with van der Waals surface area (Å²) in [5.41, 5.74) is 3.11. The van der Waals surface area contributed by atoms with Crippen LogP contribution < -0.4 is 15.0 Å². The minimum Gasteiger partial charge on any atom is -0.490 e. The van der Waals surface area contributed by atoms with Gasteiger partial charge in [-0.25, -0.2) is 0 Å². The van der Waals surface area contributed by atoms with E-state index in [1.807, 2.05) is 30.5 Å². The number of nitrogens with zero attached hydrogens (tertiary/aromatic N) is 3. The lowest BCUT2D eigenvalue weighted by molar-refractivity contribution is 0.210. The van der Waals surface area contributed by atoms with Crippen LogP contribution in [-0.2, 0) is 6.54 Å². The van der Waals surface area contributed by atoms with Crippen molar-refractivity contribution in [3.63, 3.8) is 0 Å². The number of nitrogens with one attached hydrogen (secondary N) is 1. The summed E-state index contributed by atoms with van der Waals surface area (Å²) in [5.74, 6) is 1.82. The molecule has 4 aromatic rings. The molecule has 1 saturated carbocycles. The second kappa shape index (κ2) is 9.58. The average Bonchev–Trinajstić information content (AvgIpc) is 3.69. The van der Waals surface area contributed by atoms with E-state index in [2.05, 4.69) is 68.4 Å². The Balaban J connectivity index is 1.35. The second-order valence-electron chi connectivity index (χ2n) is 9.16. The van der Waals surface area contributed by atoms with Crippen LogP contribution in [0.1, 0.15) is 54.9 Å². The number of ether oxygens (including phenoxy) is 1. The first-order valence-corrected chi connectivity index (χ1v) is 12.6. The van der Waals surface area contributed by atoms with E-state index in [9.17, 15) is 0 Å². The van der Waals surface area contributed by atoms with Crippen molar-refractivity contribution in [3.05, 3.63) is 103 Å². The smallest absolute Gasteiger partial charge is 0.174 e. The topological polar surface area (TPSA) is 55.5 Å². The first-order valence-electron chi connectivity index (χ1n) is 12.2. The van der Waals surface area contributed by atoms with Crippen molar-refractivity contribution < 1.29 is 9.15 Å². The third kappa shape index (κ3) is 4.44. The van der Waals surface area contributed by atoms with Gasteiger partial charge in [-0.15, -0.1) is 0 Å². The van der Waals surface area contributed by atoms with Crippen molar-refractivity contribution in [2.75, 3.05) is 4.90 Å². The number of hydrogen-bond acceptors (Lipinski definition) is 4. The maximum Gasteiger partial charge on any atom is 0.174 e. The first-order chi connectivity index (χ1) is 17.3. The minimum absolute atomic E-state index is 0.0797. The summed E-state index contributed by atoms with van der Waals surface area (Å²) >= 11 is 5.89. The van der Waals surface area contributed by atoms with Crippen LogP contribution in [0.4, 0.5) is 5.69 Å². The Morgan fingerprint density at radius 3 is 2.60 bits per heavy atom. The third-order valence-corrected chi connectivity index (χ3v) is 7.21. The Morgan fingerprint density at radius 2 is 1.86 bits per heavy atom. The number of rotatable bonds is 7. The molecule has 1 aliphatic heterocycles. The van der Waals surface area contributed by atoms with Crippen molar-refractivity contribution in [3.8, 4) is 5.75 Å². The molecule has 6 rings (SSSR count). The van der Waals surface area contributed by atoms with Crippen molar-refractivity contribution in [2.24, 2.45) is 0 Å². The van der Waals surface area contributed by atoms with Crippen LogP contribution in [0, 0.1) is 0 Å². The molecule has 0 amide bonds. The predicted molar refractivity (Wildman–Crippen MR) is 139 cm³/mol. The van der Waals surface area contributed by atoms with Crippen LogP contribution in [0.3, 0.4) is 0 Å².